The standard InChI is InChI=1S/C22H27N3O3S.ClH/c1-15-6-11-18(28-5)20-21(15)29-22(23-20)25(13-12-24(2)3)19(26)14-16-7-9-17(27-4)10-8-16;/h6-11H,12-14H2,1-5H3;1H. The molecule has 1 aromatic heterocycles. The molecule has 0 atom stereocenters. The molecule has 0 bridgehead atoms. The lowest BCUT2D eigenvalue weighted by Crippen LogP contribution is -2.37. The van der Waals surface area contributed by atoms with E-state index in [1.165, 1.54) is 11.3 Å². The lowest BCUT2D eigenvalue weighted by molar-refractivity contribution is -0.118. The number of thiazole rings is 1. The van der Waals surface area contributed by atoms with E-state index in [2.05, 4.69) is 4.90 Å². The molecule has 1 heterocycles. The zero-order valence-electron chi connectivity index (χ0n) is 18.0. The predicted octanol–water partition coefficient (Wildman–Crippen LogP) is 4.18. The van der Waals surface area contributed by atoms with E-state index in [1.54, 1.807) is 19.1 Å². The molecule has 162 valence electrons. The summed E-state index contributed by atoms with van der Waals surface area (Å²) in [4.78, 5) is 21.8. The summed E-state index contributed by atoms with van der Waals surface area (Å²) < 4.78 is 11.7. The van der Waals surface area contributed by atoms with Crippen molar-refractivity contribution in [3.8, 4) is 11.5 Å². The first kappa shape index (κ1) is 23.9. The number of benzene rings is 2. The maximum absolute atomic E-state index is 13.2. The van der Waals surface area contributed by atoms with Crippen LogP contribution in [0.2, 0.25) is 0 Å². The number of hydrogen-bond acceptors (Lipinski definition) is 6. The van der Waals surface area contributed by atoms with Gasteiger partial charge in [0, 0.05) is 13.1 Å². The smallest absolute Gasteiger partial charge is 0.233 e. The maximum atomic E-state index is 13.2. The Balaban J connectivity index is 0.00000320. The first-order valence-corrected chi connectivity index (χ1v) is 10.3. The molecule has 2 aromatic carbocycles. The van der Waals surface area contributed by atoms with Crippen LogP contribution in [0.5, 0.6) is 11.5 Å². The summed E-state index contributed by atoms with van der Waals surface area (Å²) in [6.07, 6.45) is 0.309. The van der Waals surface area contributed by atoms with Gasteiger partial charge in [-0.3, -0.25) is 9.69 Å². The van der Waals surface area contributed by atoms with E-state index in [9.17, 15) is 4.79 Å². The van der Waals surface area contributed by atoms with Crippen LogP contribution in [0.25, 0.3) is 10.2 Å². The molecular formula is C22H28ClN3O3S. The van der Waals surface area contributed by atoms with Crippen LogP contribution in [0.3, 0.4) is 0 Å². The number of rotatable bonds is 8. The van der Waals surface area contributed by atoms with Gasteiger partial charge < -0.3 is 14.4 Å². The summed E-state index contributed by atoms with van der Waals surface area (Å²) in [7, 11) is 7.27. The summed E-state index contributed by atoms with van der Waals surface area (Å²) in [6, 6.07) is 11.5. The van der Waals surface area contributed by atoms with Crippen molar-refractivity contribution in [2.45, 2.75) is 13.3 Å². The molecule has 0 unspecified atom stereocenters. The Bertz CT molecular complexity index is 989. The number of amides is 1. The van der Waals surface area contributed by atoms with Crippen LogP contribution in [0.4, 0.5) is 5.13 Å². The quantitative estimate of drug-likeness (QED) is 0.516. The fraction of sp³-hybridized carbons (Fsp3) is 0.364. The number of ether oxygens (including phenoxy) is 2. The van der Waals surface area contributed by atoms with Crippen molar-refractivity contribution >= 4 is 45.0 Å². The fourth-order valence-electron chi connectivity index (χ4n) is 3.02. The monoisotopic (exact) mass is 449 g/mol. The lowest BCUT2D eigenvalue weighted by atomic mass is 10.1. The largest absolute Gasteiger partial charge is 0.497 e. The van der Waals surface area contributed by atoms with Crippen LogP contribution in [0.1, 0.15) is 11.1 Å². The molecule has 0 spiro atoms. The van der Waals surface area contributed by atoms with Crippen LogP contribution in [0.15, 0.2) is 36.4 Å². The van der Waals surface area contributed by atoms with E-state index in [1.807, 2.05) is 57.4 Å². The molecule has 30 heavy (non-hydrogen) atoms. The second-order valence-electron chi connectivity index (χ2n) is 7.13. The summed E-state index contributed by atoms with van der Waals surface area (Å²) >= 11 is 1.53. The zero-order valence-corrected chi connectivity index (χ0v) is 19.6. The van der Waals surface area contributed by atoms with E-state index in [-0.39, 0.29) is 18.3 Å². The van der Waals surface area contributed by atoms with Crippen LogP contribution < -0.4 is 14.4 Å². The van der Waals surface area contributed by atoms with Gasteiger partial charge in [0.2, 0.25) is 5.91 Å². The average Bonchev–Trinajstić information content (AvgIpc) is 3.15. The predicted molar refractivity (Wildman–Crippen MR) is 126 cm³/mol. The van der Waals surface area contributed by atoms with E-state index in [0.29, 0.717) is 18.1 Å². The maximum Gasteiger partial charge on any atom is 0.233 e. The SMILES string of the molecule is COc1ccc(CC(=O)N(CCN(C)C)c2nc3c(OC)ccc(C)c3s2)cc1.Cl. The van der Waals surface area contributed by atoms with Crippen LogP contribution in [-0.2, 0) is 11.2 Å². The summed E-state index contributed by atoms with van der Waals surface area (Å²) in [5.41, 5.74) is 2.87. The molecule has 0 fully saturated rings. The van der Waals surface area contributed by atoms with Crippen LogP contribution in [-0.4, -0.2) is 57.2 Å². The Hall–Kier alpha value is -2.35. The number of anilines is 1. The molecule has 0 radical (unpaired) electrons. The Kier molecular flexibility index (Phi) is 8.46. The summed E-state index contributed by atoms with van der Waals surface area (Å²) in [5, 5.41) is 0.702. The molecule has 8 heteroatoms. The highest BCUT2D eigenvalue weighted by atomic mass is 35.5. The highest BCUT2D eigenvalue weighted by Gasteiger charge is 2.22. The van der Waals surface area contributed by atoms with E-state index in [4.69, 9.17) is 14.5 Å². The van der Waals surface area contributed by atoms with Gasteiger partial charge in [-0.2, -0.15) is 0 Å². The van der Waals surface area contributed by atoms with Gasteiger partial charge in [0.25, 0.3) is 0 Å². The molecule has 0 aliphatic rings. The van der Waals surface area contributed by atoms with Crippen molar-refractivity contribution in [1.29, 1.82) is 0 Å². The molecule has 3 rings (SSSR count). The molecular weight excluding hydrogens is 422 g/mol. The molecule has 0 N–H and O–H groups in total. The lowest BCUT2D eigenvalue weighted by Gasteiger charge is -2.22. The normalized spacial score (nSPS) is 10.7. The molecule has 3 aromatic rings. The third-order valence-electron chi connectivity index (χ3n) is 4.73. The molecule has 0 aliphatic carbocycles. The van der Waals surface area contributed by atoms with Gasteiger partial charge in [-0.15, -0.1) is 12.4 Å². The molecule has 0 aliphatic heterocycles. The number of aromatic nitrogens is 1. The van der Waals surface area contributed by atoms with Crippen molar-refractivity contribution in [3.63, 3.8) is 0 Å². The van der Waals surface area contributed by atoms with Crippen molar-refractivity contribution in [3.05, 3.63) is 47.5 Å². The van der Waals surface area contributed by atoms with Gasteiger partial charge in [-0.1, -0.05) is 29.5 Å². The van der Waals surface area contributed by atoms with Crippen molar-refractivity contribution in [2.75, 3.05) is 46.3 Å². The average molecular weight is 450 g/mol. The van der Waals surface area contributed by atoms with Crippen molar-refractivity contribution < 1.29 is 14.3 Å². The van der Waals surface area contributed by atoms with Crippen LogP contribution >= 0.6 is 23.7 Å². The number of nitrogens with zero attached hydrogens (tertiary/aromatic N) is 3. The van der Waals surface area contributed by atoms with Gasteiger partial charge in [-0.05, 0) is 50.3 Å². The Morgan fingerprint density at radius 1 is 1.03 bits per heavy atom. The van der Waals surface area contributed by atoms with Gasteiger partial charge in [0.15, 0.2) is 5.13 Å². The van der Waals surface area contributed by atoms with Crippen molar-refractivity contribution in [1.82, 2.24) is 9.88 Å². The van der Waals surface area contributed by atoms with Crippen LogP contribution in [0, 0.1) is 6.92 Å². The Morgan fingerprint density at radius 3 is 2.33 bits per heavy atom. The summed E-state index contributed by atoms with van der Waals surface area (Å²) in [6.45, 7) is 3.37. The number of fused-ring (bicyclic) bond motifs is 1. The number of methoxy groups -OCH3 is 2. The Labute approximate surface area is 187 Å². The summed E-state index contributed by atoms with van der Waals surface area (Å²) in [5.74, 6) is 1.52. The number of carbonyl (C=O) groups is 1. The number of aryl methyl sites for hydroxylation is 1. The van der Waals surface area contributed by atoms with E-state index >= 15 is 0 Å². The third-order valence-corrected chi connectivity index (χ3v) is 5.94. The molecule has 6 nitrogen and oxygen atoms in total. The number of carbonyl (C=O) groups excluding carboxylic acids is 1. The van der Waals surface area contributed by atoms with E-state index in [0.717, 1.165) is 39.4 Å². The Morgan fingerprint density at radius 2 is 1.73 bits per heavy atom. The highest BCUT2D eigenvalue weighted by Crippen LogP contribution is 2.36. The van der Waals surface area contributed by atoms with Gasteiger partial charge in [-0.25, -0.2) is 4.98 Å². The van der Waals surface area contributed by atoms with Gasteiger partial charge in [0.1, 0.15) is 17.0 Å². The number of hydrogen-bond donors (Lipinski definition) is 0. The second kappa shape index (κ2) is 10.6. The van der Waals surface area contributed by atoms with Gasteiger partial charge in [0.05, 0.1) is 25.3 Å². The van der Waals surface area contributed by atoms with Gasteiger partial charge >= 0.3 is 0 Å². The minimum absolute atomic E-state index is 0. The first-order valence-electron chi connectivity index (χ1n) is 9.45. The fourth-order valence-corrected chi connectivity index (χ4v) is 4.11. The van der Waals surface area contributed by atoms with Crippen molar-refractivity contribution in [2.24, 2.45) is 0 Å². The molecule has 0 saturated carbocycles. The number of likely N-dealkylation sites (N-methyl/N-ethyl adjacent to an activating group) is 1. The first-order chi connectivity index (χ1) is 13.9. The second-order valence-corrected chi connectivity index (χ2v) is 8.11. The minimum Gasteiger partial charge on any atom is -0.497 e. The molecule has 0 saturated heterocycles. The third kappa shape index (κ3) is 5.41. The topological polar surface area (TPSA) is 54.9 Å². The molecule has 1 amide bonds. The zero-order chi connectivity index (χ0) is 21.0. The number of halogens is 1. The highest BCUT2D eigenvalue weighted by molar-refractivity contribution is 7.22. The minimum atomic E-state index is 0. The van der Waals surface area contributed by atoms with E-state index < -0.39 is 0 Å².